The van der Waals surface area contributed by atoms with Crippen LogP contribution in [0.4, 0.5) is 15.8 Å². The summed E-state index contributed by atoms with van der Waals surface area (Å²) in [5, 5.41) is 2.89. The maximum atomic E-state index is 14.0. The van der Waals surface area contributed by atoms with Gasteiger partial charge in [-0.15, -0.1) is 0 Å². The van der Waals surface area contributed by atoms with Crippen LogP contribution in [0.2, 0.25) is 0 Å². The Bertz CT molecular complexity index is 970. The normalized spacial score (nSPS) is 14.0. The van der Waals surface area contributed by atoms with E-state index in [0.29, 0.717) is 22.4 Å². The van der Waals surface area contributed by atoms with Gasteiger partial charge in [-0.25, -0.2) is 4.39 Å². The van der Waals surface area contributed by atoms with Crippen molar-refractivity contribution in [2.45, 2.75) is 0 Å². The summed E-state index contributed by atoms with van der Waals surface area (Å²) in [5.41, 5.74) is 3.33. The average molecular weight is 377 g/mol. The fraction of sp³-hybridized carbons (Fsp3) is 0.182. The zero-order valence-corrected chi connectivity index (χ0v) is 15.3. The molecule has 0 aliphatic carbocycles. The summed E-state index contributed by atoms with van der Waals surface area (Å²) in [7, 11) is 0. The Balaban J connectivity index is 1.48. The topological polar surface area (TPSA) is 54.5 Å². The Labute approximate surface area is 162 Å². The van der Waals surface area contributed by atoms with E-state index in [-0.39, 0.29) is 5.91 Å². The van der Waals surface area contributed by atoms with Gasteiger partial charge in [-0.1, -0.05) is 12.1 Å². The van der Waals surface area contributed by atoms with E-state index in [0.717, 1.165) is 38.2 Å². The number of nitrogens with one attached hydrogen (secondary N) is 1. The minimum absolute atomic E-state index is 0.240. The Kier molecular flexibility index (Phi) is 5.30. The van der Waals surface area contributed by atoms with Crippen LogP contribution in [0, 0.1) is 5.82 Å². The van der Waals surface area contributed by atoms with Gasteiger partial charge in [-0.2, -0.15) is 0 Å². The standard InChI is InChI=1S/C22H20FN3O2/c23-21-15-24-9-8-20(21)16-2-1-3-17(14-16)22(27)25-18-4-6-19(7-5-18)26-10-12-28-13-11-26/h1-9,14-15H,10-13H2,(H,25,27). The van der Waals surface area contributed by atoms with Crippen molar-refractivity contribution in [3.05, 3.63) is 78.4 Å². The Morgan fingerprint density at radius 2 is 1.86 bits per heavy atom. The number of carbonyl (C=O) groups excluding carboxylic acids is 1. The molecule has 1 aromatic heterocycles. The first-order chi connectivity index (χ1) is 13.7. The number of ether oxygens (including phenoxy) is 1. The molecule has 1 aliphatic heterocycles. The molecule has 1 amide bonds. The molecule has 1 aliphatic rings. The third-order valence-electron chi connectivity index (χ3n) is 4.71. The number of anilines is 2. The molecule has 1 saturated heterocycles. The summed E-state index contributed by atoms with van der Waals surface area (Å²) in [6.07, 6.45) is 2.69. The summed E-state index contributed by atoms with van der Waals surface area (Å²) in [6, 6.07) is 16.2. The lowest BCUT2D eigenvalue weighted by Crippen LogP contribution is -2.36. The van der Waals surface area contributed by atoms with Crippen LogP contribution in [0.15, 0.2) is 67.0 Å². The lowest BCUT2D eigenvalue weighted by atomic mass is 10.0. The van der Waals surface area contributed by atoms with Crippen LogP contribution in [0.3, 0.4) is 0 Å². The highest BCUT2D eigenvalue weighted by molar-refractivity contribution is 6.05. The minimum Gasteiger partial charge on any atom is -0.378 e. The number of aromatic nitrogens is 1. The van der Waals surface area contributed by atoms with E-state index >= 15 is 0 Å². The molecule has 1 N–H and O–H groups in total. The molecule has 6 heteroatoms. The van der Waals surface area contributed by atoms with Crippen LogP contribution >= 0.6 is 0 Å². The highest BCUT2D eigenvalue weighted by Crippen LogP contribution is 2.24. The zero-order chi connectivity index (χ0) is 19.3. The Morgan fingerprint density at radius 1 is 1.07 bits per heavy atom. The molecule has 4 rings (SSSR count). The molecule has 3 aromatic rings. The molecule has 1 fully saturated rings. The van der Waals surface area contributed by atoms with Crippen molar-refractivity contribution >= 4 is 17.3 Å². The van der Waals surface area contributed by atoms with Gasteiger partial charge in [-0.3, -0.25) is 9.78 Å². The van der Waals surface area contributed by atoms with Gasteiger partial charge < -0.3 is 15.0 Å². The van der Waals surface area contributed by atoms with E-state index in [9.17, 15) is 9.18 Å². The molecule has 2 aromatic carbocycles. The van der Waals surface area contributed by atoms with Crippen molar-refractivity contribution in [1.82, 2.24) is 4.98 Å². The minimum atomic E-state index is -0.418. The first-order valence-corrected chi connectivity index (χ1v) is 9.15. The first kappa shape index (κ1) is 18.1. The molecular weight excluding hydrogens is 357 g/mol. The quantitative estimate of drug-likeness (QED) is 0.747. The third-order valence-corrected chi connectivity index (χ3v) is 4.71. The third kappa shape index (κ3) is 4.02. The van der Waals surface area contributed by atoms with E-state index in [1.165, 1.54) is 6.20 Å². The number of pyridine rings is 1. The van der Waals surface area contributed by atoms with Crippen LogP contribution in [-0.4, -0.2) is 37.2 Å². The summed E-state index contributed by atoms with van der Waals surface area (Å²) in [6.45, 7) is 3.19. The van der Waals surface area contributed by atoms with E-state index in [2.05, 4.69) is 15.2 Å². The highest BCUT2D eigenvalue weighted by atomic mass is 19.1. The maximum absolute atomic E-state index is 14.0. The number of rotatable bonds is 4. The predicted molar refractivity (Wildman–Crippen MR) is 107 cm³/mol. The second-order valence-corrected chi connectivity index (χ2v) is 6.54. The lowest BCUT2D eigenvalue weighted by molar-refractivity contribution is 0.102. The van der Waals surface area contributed by atoms with Crippen molar-refractivity contribution in [3.8, 4) is 11.1 Å². The van der Waals surface area contributed by atoms with Gasteiger partial charge >= 0.3 is 0 Å². The molecule has 28 heavy (non-hydrogen) atoms. The lowest BCUT2D eigenvalue weighted by Gasteiger charge is -2.28. The average Bonchev–Trinajstić information content (AvgIpc) is 2.75. The Morgan fingerprint density at radius 3 is 2.61 bits per heavy atom. The van der Waals surface area contributed by atoms with Gasteiger partial charge in [0.05, 0.1) is 19.4 Å². The van der Waals surface area contributed by atoms with E-state index in [1.54, 1.807) is 30.3 Å². The van der Waals surface area contributed by atoms with Crippen LogP contribution in [0.1, 0.15) is 10.4 Å². The SMILES string of the molecule is O=C(Nc1ccc(N2CCOCC2)cc1)c1cccc(-c2ccncc2F)c1. The fourth-order valence-corrected chi connectivity index (χ4v) is 3.22. The molecule has 0 atom stereocenters. The van der Waals surface area contributed by atoms with Crippen molar-refractivity contribution in [2.75, 3.05) is 36.5 Å². The molecule has 0 bridgehead atoms. The highest BCUT2D eigenvalue weighted by Gasteiger charge is 2.12. The number of hydrogen-bond donors (Lipinski definition) is 1. The molecule has 5 nitrogen and oxygen atoms in total. The van der Waals surface area contributed by atoms with Crippen LogP contribution in [-0.2, 0) is 4.74 Å². The summed E-state index contributed by atoms with van der Waals surface area (Å²) in [5.74, 6) is -0.658. The molecule has 0 saturated carbocycles. The van der Waals surface area contributed by atoms with Gasteiger partial charge in [-0.05, 0) is 48.0 Å². The zero-order valence-electron chi connectivity index (χ0n) is 15.3. The van der Waals surface area contributed by atoms with Crippen molar-refractivity contribution < 1.29 is 13.9 Å². The number of carbonyl (C=O) groups is 1. The molecule has 0 spiro atoms. The smallest absolute Gasteiger partial charge is 0.255 e. The number of halogens is 1. The van der Waals surface area contributed by atoms with Gasteiger partial charge in [0.25, 0.3) is 5.91 Å². The van der Waals surface area contributed by atoms with Crippen LogP contribution in [0.25, 0.3) is 11.1 Å². The van der Waals surface area contributed by atoms with Gasteiger partial charge in [0.15, 0.2) is 0 Å². The van der Waals surface area contributed by atoms with Crippen molar-refractivity contribution in [1.29, 1.82) is 0 Å². The number of amides is 1. The summed E-state index contributed by atoms with van der Waals surface area (Å²) < 4.78 is 19.3. The summed E-state index contributed by atoms with van der Waals surface area (Å²) in [4.78, 5) is 18.6. The number of hydrogen-bond acceptors (Lipinski definition) is 4. The largest absolute Gasteiger partial charge is 0.378 e. The van der Waals surface area contributed by atoms with Crippen molar-refractivity contribution in [2.24, 2.45) is 0 Å². The predicted octanol–water partition coefficient (Wildman–Crippen LogP) is 3.98. The van der Waals surface area contributed by atoms with Crippen LogP contribution < -0.4 is 10.2 Å². The number of morpholine rings is 1. The van der Waals surface area contributed by atoms with Gasteiger partial charge in [0.2, 0.25) is 0 Å². The van der Waals surface area contributed by atoms with E-state index in [4.69, 9.17) is 4.74 Å². The summed E-state index contributed by atoms with van der Waals surface area (Å²) >= 11 is 0. The Hall–Kier alpha value is -3.25. The van der Waals surface area contributed by atoms with Gasteiger partial charge in [0.1, 0.15) is 5.82 Å². The number of benzene rings is 2. The second kappa shape index (κ2) is 8.19. The molecular formula is C22H20FN3O2. The molecule has 0 radical (unpaired) electrons. The molecule has 142 valence electrons. The van der Waals surface area contributed by atoms with Gasteiger partial charge in [0, 0.05) is 41.8 Å². The fourth-order valence-electron chi connectivity index (χ4n) is 3.22. The second-order valence-electron chi connectivity index (χ2n) is 6.54. The van der Waals surface area contributed by atoms with Crippen LogP contribution in [0.5, 0.6) is 0 Å². The molecule has 0 unspecified atom stereocenters. The van der Waals surface area contributed by atoms with Crippen molar-refractivity contribution in [3.63, 3.8) is 0 Å². The number of nitrogens with zero attached hydrogens (tertiary/aromatic N) is 2. The maximum Gasteiger partial charge on any atom is 0.255 e. The monoisotopic (exact) mass is 377 g/mol. The van der Waals surface area contributed by atoms with E-state index < -0.39 is 5.82 Å². The van der Waals surface area contributed by atoms with E-state index in [1.807, 2.05) is 24.3 Å². The first-order valence-electron chi connectivity index (χ1n) is 9.15. The molecule has 2 heterocycles.